The number of ether oxygens (including phenoxy) is 2. The summed E-state index contributed by atoms with van der Waals surface area (Å²) >= 11 is 0. The summed E-state index contributed by atoms with van der Waals surface area (Å²) in [4.78, 5) is 35.0. The van der Waals surface area contributed by atoms with Gasteiger partial charge in [-0.3, -0.25) is 18.6 Å². The number of phosphoric acid groups is 1. The predicted molar refractivity (Wildman–Crippen MR) is 238 cm³/mol. The lowest BCUT2D eigenvalue weighted by molar-refractivity contribution is -0.161. The van der Waals surface area contributed by atoms with Crippen molar-refractivity contribution in [2.45, 2.75) is 225 Å². The highest BCUT2D eigenvalue weighted by atomic mass is 31.2. The second-order valence-corrected chi connectivity index (χ2v) is 17.1. The SMILES string of the molecule is CCCCC/C=C\C/C=C\CCCCCCCCCC(=O)OC[C@H](COP(=O)(O)OCCN)OC(=O)CCCCCCCCCCC/C=C\CCCCCCCC. The molecule has 10 heteroatoms. The molecule has 0 spiro atoms. The molecule has 0 amide bonds. The van der Waals surface area contributed by atoms with Crippen molar-refractivity contribution in [1.29, 1.82) is 0 Å². The molecule has 57 heavy (non-hydrogen) atoms. The zero-order valence-electron chi connectivity index (χ0n) is 36.8. The maximum absolute atomic E-state index is 12.6. The van der Waals surface area contributed by atoms with E-state index in [-0.39, 0.29) is 38.6 Å². The molecule has 0 saturated heterocycles. The lowest BCUT2D eigenvalue weighted by atomic mass is 10.1. The average molecular weight is 826 g/mol. The second-order valence-electron chi connectivity index (χ2n) is 15.6. The van der Waals surface area contributed by atoms with E-state index in [1.54, 1.807) is 0 Å². The predicted octanol–water partition coefficient (Wildman–Crippen LogP) is 13.7. The summed E-state index contributed by atoms with van der Waals surface area (Å²) in [5.41, 5.74) is 5.36. The van der Waals surface area contributed by atoms with Crippen LogP contribution in [0.25, 0.3) is 0 Å². The van der Waals surface area contributed by atoms with Gasteiger partial charge in [0.1, 0.15) is 6.61 Å². The molecule has 0 aliphatic heterocycles. The molecule has 0 aliphatic rings. The lowest BCUT2D eigenvalue weighted by Gasteiger charge is -2.19. The quantitative estimate of drug-likeness (QED) is 0.0266. The Hall–Kier alpha value is -1.77. The van der Waals surface area contributed by atoms with Crippen LogP contribution in [0.2, 0.25) is 0 Å². The van der Waals surface area contributed by atoms with Gasteiger partial charge in [0.2, 0.25) is 0 Å². The van der Waals surface area contributed by atoms with Gasteiger partial charge in [0.05, 0.1) is 13.2 Å². The van der Waals surface area contributed by atoms with Crippen LogP contribution in [-0.2, 0) is 32.7 Å². The van der Waals surface area contributed by atoms with Crippen LogP contribution >= 0.6 is 7.82 Å². The van der Waals surface area contributed by atoms with E-state index in [0.717, 1.165) is 57.8 Å². The first-order valence-corrected chi connectivity index (χ1v) is 25.0. The largest absolute Gasteiger partial charge is 0.472 e. The number of rotatable bonds is 44. The summed E-state index contributed by atoms with van der Waals surface area (Å²) in [6.45, 7) is 3.71. The summed E-state index contributed by atoms with van der Waals surface area (Å²) in [6.07, 6.45) is 48.8. The van der Waals surface area contributed by atoms with Crippen LogP contribution in [0.5, 0.6) is 0 Å². The van der Waals surface area contributed by atoms with E-state index in [1.165, 1.54) is 128 Å². The van der Waals surface area contributed by atoms with Crippen molar-refractivity contribution < 1.29 is 37.6 Å². The highest BCUT2D eigenvalue weighted by Gasteiger charge is 2.26. The summed E-state index contributed by atoms with van der Waals surface area (Å²) in [5.74, 6) is -0.835. The topological polar surface area (TPSA) is 134 Å². The molecule has 0 radical (unpaired) electrons. The number of allylic oxidation sites excluding steroid dienone is 6. The number of phosphoric ester groups is 1. The molecule has 0 aromatic rings. The van der Waals surface area contributed by atoms with Crippen LogP contribution in [0.4, 0.5) is 0 Å². The van der Waals surface area contributed by atoms with Crippen molar-refractivity contribution in [3.8, 4) is 0 Å². The van der Waals surface area contributed by atoms with E-state index in [2.05, 4.69) is 50.3 Å². The number of hydrogen-bond acceptors (Lipinski definition) is 8. The maximum atomic E-state index is 12.6. The molecular formula is C47H88NO8P. The molecule has 2 atom stereocenters. The molecule has 0 aromatic carbocycles. The number of unbranched alkanes of at least 4 members (excludes halogenated alkanes) is 25. The average Bonchev–Trinajstić information content (AvgIpc) is 3.20. The van der Waals surface area contributed by atoms with Crippen LogP contribution in [0, 0.1) is 0 Å². The van der Waals surface area contributed by atoms with Crippen LogP contribution in [0.1, 0.15) is 219 Å². The van der Waals surface area contributed by atoms with E-state index < -0.39 is 26.5 Å². The Kier molecular flexibility index (Phi) is 42.4. The molecule has 1 unspecified atom stereocenters. The van der Waals surface area contributed by atoms with Crippen molar-refractivity contribution >= 4 is 19.8 Å². The maximum Gasteiger partial charge on any atom is 0.472 e. The molecule has 334 valence electrons. The van der Waals surface area contributed by atoms with Gasteiger partial charge in [-0.1, -0.05) is 172 Å². The molecular weight excluding hydrogens is 737 g/mol. The van der Waals surface area contributed by atoms with Gasteiger partial charge in [-0.2, -0.15) is 0 Å². The Morgan fingerprint density at radius 1 is 0.526 bits per heavy atom. The van der Waals surface area contributed by atoms with E-state index >= 15 is 0 Å². The van der Waals surface area contributed by atoms with Crippen molar-refractivity contribution in [3.63, 3.8) is 0 Å². The third-order valence-corrected chi connectivity index (χ3v) is 11.0. The molecule has 3 N–H and O–H groups in total. The minimum absolute atomic E-state index is 0.0519. The summed E-state index contributed by atoms with van der Waals surface area (Å²) in [7, 11) is -4.38. The molecule has 0 aliphatic carbocycles. The van der Waals surface area contributed by atoms with Gasteiger partial charge in [0.25, 0.3) is 0 Å². The Morgan fingerprint density at radius 2 is 0.912 bits per heavy atom. The van der Waals surface area contributed by atoms with Gasteiger partial charge in [-0.25, -0.2) is 4.57 Å². The fourth-order valence-corrected chi connectivity index (χ4v) is 7.25. The van der Waals surface area contributed by atoms with Crippen molar-refractivity contribution in [3.05, 3.63) is 36.5 Å². The molecule has 0 aromatic heterocycles. The minimum Gasteiger partial charge on any atom is -0.462 e. The normalized spacial score (nSPS) is 13.5. The van der Waals surface area contributed by atoms with E-state index in [4.69, 9.17) is 24.3 Å². The zero-order valence-corrected chi connectivity index (χ0v) is 37.7. The highest BCUT2D eigenvalue weighted by molar-refractivity contribution is 7.47. The zero-order chi connectivity index (χ0) is 41.8. The van der Waals surface area contributed by atoms with Crippen LogP contribution in [0.15, 0.2) is 36.5 Å². The van der Waals surface area contributed by atoms with Gasteiger partial charge in [0.15, 0.2) is 6.10 Å². The van der Waals surface area contributed by atoms with Crippen molar-refractivity contribution in [2.75, 3.05) is 26.4 Å². The fourth-order valence-electron chi connectivity index (χ4n) is 6.48. The molecule has 0 fully saturated rings. The third kappa shape index (κ3) is 43.6. The Bertz CT molecular complexity index is 1030. The number of hydrogen-bond donors (Lipinski definition) is 2. The van der Waals surface area contributed by atoms with Crippen molar-refractivity contribution in [2.24, 2.45) is 5.73 Å². The Labute approximate surface area is 350 Å². The van der Waals surface area contributed by atoms with Gasteiger partial charge >= 0.3 is 19.8 Å². The van der Waals surface area contributed by atoms with Crippen LogP contribution < -0.4 is 5.73 Å². The second kappa shape index (κ2) is 43.8. The van der Waals surface area contributed by atoms with Gasteiger partial charge in [0, 0.05) is 19.4 Å². The van der Waals surface area contributed by atoms with Gasteiger partial charge < -0.3 is 20.1 Å². The summed E-state index contributed by atoms with van der Waals surface area (Å²) < 4.78 is 32.8. The van der Waals surface area contributed by atoms with E-state index in [1.807, 2.05) is 0 Å². The smallest absolute Gasteiger partial charge is 0.462 e. The highest BCUT2D eigenvalue weighted by Crippen LogP contribution is 2.43. The first-order chi connectivity index (χ1) is 27.8. The minimum atomic E-state index is -4.38. The number of carbonyl (C=O) groups excluding carboxylic acids is 2. The third-order valence-electron chi connectivity index (χ3n) is 10.00. The molecule has 9 nitrogen and oxygen atoms in total. The Balaban J connectivity index is 4.11. The summed E-state index contributed by atoms with van der Waals surface area (Å²) in [6, 6.07) is 0. The summed E-state index contributed by atoms with van der Waals surface area (Å²) in [5, 5.41) is 0. The van der Waals surface area contributed by atoms with E-state index in [9.17, 15) is 19.0 Å². The molecule has 0 saturated carbocycles. The number of carbonyl (C=O) groups is 2. The standard InChI is InChI=1S/C47H88NO8P/c1-3-5-7-9-11-13-15-17-19-21-22-24-26-28-30-32-34-36-38-40-47(50)56-45(44-55-57(51,52)54-42-41-48)43-53-46(49)39-37-35-33-31-29-27-25-23-20-18-16-14-12-10-8-6-4-2/h12,14,17-20,45H,3-11,13,15-16,21-44,48H2,1-2H3,(H,51,52)/b14-12-,19-17-,20-18-/t45-/m1/s1. The number of nitrogens with two attached hydrogens (primary N) is 1. The monoisotopic (exact) mass is 826 g/mol. The number of esters is 2. The van der Waals surface area contributed by atoms with Gasteiger partial charge in [-0.05, 0) is 70.6 Å². The Morgan fingerprint density at radius 3 is 1.39 bits per heavy atom. The molecule has 0 heterocycles. The first-order valence-electron chi connectivity index (χ1n) is 23.5. The first kappa shape index (κ1) is 55.2. The van der Waals surface area contributed by atoms with E-state index in [0.29, 0.717) is 6.42 Å². The lowest BCUT2D eigenvalue weighted by Crippen LogP contribution is -2.29. The van der Waals surface area contributed by atoms with Gasteiger partial charge in [-0.15, -0.1) is 0 Å². The van der Waals surface area contributed by atoms with Crippen molar-refractivity contribution in [1.82, 2.24) is 0 Å². The molecule has 0 rings (SSSR count). The molecule has 0 bridgehead atoms. The fraction of sp³-hybridized carbons (Fsp3) is 0.830. The van der Waals surface area contributed by atoms with Crippen LogP contribution in [-0.4, -0.2) is 49.3 Å². The van der Waals surface area contributed by atoms with Crippen LogP contribution in [0.3, 0.4) is 0 Å².